The standard InChI is InChI=1S/C19H20BrNO3/c1-3-13-6-5-7-14(4-2)18(13)21-17(22)12-24-19(23)15-8-10-16(20)11-9-15/h5-11H,3-4,12H2,1-2H3,(H,21,22). The zero-order chi connectivity index (χ0) is 17.5. The molecule has 0 fully saturated rings. The van der Waals surface area contributed by atoms with E-state index in [4.69, 9.17) is 4.74 Å². The summed E-state index contributed by atoms with van der Waals surface area (Å²) in [5, 5.41) is 2.87. The molecule has 1 amide bonds. The molecule has 0 saturated carbocycles. The second kappa shape index (κ2) is 8.64. The number of halogens is 1. The molecule has 0 saturated heterocycles. The third-order valence-electron chi connectivity index (χ3n) is 3.68. The van der Waals surface area contributed by atoms with Crippen molar-refractivity contribution in [3.8, 4) is 0 Å². The van der Waals surface area contributed by atoms with Gasteiger partial charge < -0.3 is 10.1 Å². The number of carbonyl (C=O) groups is 2. The average molecular weight is 390 g/mol. The number of hydrogen-bond donors (Lipinski definition) is 1. The summed E-state index contributed by atoms with van der Waals surface area (Å²) in [5.41, 5.74) is 3.38. The predicted molar refractivity (Wildman–Crippen MR) is 98.3 cm³/mol. The van der Waals surface area contributed by atoms with Crippen LogP contribution in [0.1, 0.15) is 35.3 Å². The largest absolute Gasteiger partial charge is 0.452 e. The van der Waals surface area contributed by atoms with Crippen LogP contribution in [0.5, 0.6) is 0 Å². The Bertz CT molecular complexity index is 704. The molecule has 0 aliphatic heterocycles. The first-order valence-electron chi connectivity index (χ1n) is 7.88. The van der Waals surface area contributed by atoms with Crippen LogP contribution in [-0.4, -0.2) is 18.5 Å². The second-order valence-electron chi connectivity index (χ2n) is 5.29. The monoisotopic (exact) mass is 389 g/mol. The van der Waals surface area contributed by atoms with Crippen molar-refractivity contribution in [1.29, 1.82) is 0 Å². The lowest BCUT2D eigenvalue weighted by Crippen LogP contribution is -2.22. The highest BCUT2D eigenvalue weighted by Gasteiger charge is 2.13. The Morgan fingerprint density at radius 3 is 2.12 bits per heavy atom. The van der Waals surface area contributed by atoms with Gasteiger partial charge in [0.25, 0.3) is 5.91 Å². The molecule has 4 nitrogen and oxygen atoms in total. The molecule has 2 aromatic carbocycles. The SMILES string of the molecule is CCc1cccc(CC)c1NC(=O)COC(=O)c1ccc(Br)cc1. The fourth-order valence-corrected chi connectivity index (χ4v) is 2.64. The Morgan fingerprint density at radius 1 is 1.00 bits per heavy atom. The maximum Gasteiger partial charge on any atom is 0.338 e. The van der Waals surface area contributed by atoms with Gasteiger partial charge in [-0.3, -0.25) is 4.79 Å². The van der Waals surface area contributed by atoms with Gasteiger partial charge in [-0.25, -0.2) is 4.79 Å². The Morgan fingerprint density at radius 2 is 1.58 bits per heavy atom. The van der Waals surface area contributed by atoms with Crippen molar-refractivity contribution < 1.29 is 14.3 Å². The van der Waals surface area contributed by atoms with E-state index in [1.54, 1.807) is 24.3 Å². The quantitative estimate of drug-likeness (QED) is 0.746. The fourth-order valence-electron chi connectivity index (χ4n) is 2.38. The maximum atomic E-state index is 12.1. The van der Waals surface area contributed by atoms with Crippen LogP contribution >= 0.6 is 15.9 Å². The molecule has 0 aliphatic rings. The van der Waals surface area contributed by atoms with E-state index >= 15 is 0 Å². The van der Waals surface area contributed by atoms with Crippen molar-refractivity contribution in [3.05, 3.63) is 63.6 Å². The topological polar surface area (TPSA) is 55.4 Å². The summed E-state index contributed by atoms with van der Waals surface area (Å²) in [5.74, 6) is -0.854. The van der Waals surface area contributed by atoms with Gasteiger partial charge in [0.15, 0.2) is 6.61 Å². The van der Waals surface area contributed by atoms with Crippen LogP contribution in [0.15, 0.2) is 46.9 Å². The number of benzene rings is 2. The van der Waals surface area contributed by atoms with Gasteiger partial charge >= 0.3 is 5.97 Å². The molecule has 0 unspecified atom stereocenters. The number of hydrogen-bond acceptors (Lipinski definition) is 3. The first kappa shape index (κ1) is 18.2. The zero-order valence-electron chi connectivity index (χ0n) is 13.8. The Labute approximate surface area is 150 Å². The summed E-state index contributed by atoms with van der Waals surface area (Å²) < 4.78 is 5.96. The van der Waals surface area contributed by atoms with E-state index in [-0.39, 0.29) is 12.5 Å². The van der Waals surface area contributed by atoms with E-state index in [1.165, 1.54) is 0 Å². The van der Waals surface area contributed by atoms with E-state index in [9.17, 15) is 9.59 Å². The summed E-state index contributed by atoms with van der Waals surface area (Å²) in [6.45, 7) is 3.77. The van der Waals surface area contributed by atoms with Crippen molar-refractivity contribution in [2.75, 3.05) is 11.9 Å². The lowest BCUT2D eigenvalue weighted by molar-refractivity contribution is -0.119. The maximum absolute atomic E-state index is 12.1. The molecule has 24 heavy (non-hydrogen) atoms. The zero-order valence-corrected chi connectivity index (χ0v) is 15.4. The van der Waals surface area contributed by atoms with Gasteiger partial charge in [0, 0.05) is 10.2 Å². The Kier molecular flexibility index (Phi) is 6.55. The molecule has 0 aromatic heterocycles. The second-order valence-corrected chi connectivity index (χ2v) is 6.21. The molecule has 5 heteroatoms. The normalized spacial score (nSPS) is 10.3. The highest BCUT2D eigenvalue weighted by molar-refractivity contribution is 9.10. The van der Waals surface area contributed by atoms with Crippen LogP contribution in [0.2, 0.25) is 0 Å². The van der Waals surface area contributed by atoms with Gasteiger partial charge in [-0.1, -0.05) is 48.0 Å². The summed E-state index contributed by atoms with van der Waals surface area (Å²) in [6, 6.07) is 12.8. The van der Waals surface area contributed by atoms with E-state index < -0.39 is 5.97 Å². The fraction of sp³-hybridized carbons (Fsp3) is 0.263. The smallest absolute Gasteiger partial charge is 0.338 e. The molecule has 0 bridgehead atoms. The average Bonchev–Trinajstić information content (AvgIpc) is 2.60. The van der Waals surface area contributed by atoms with Gasteiger partial charge in [-0.05, 0) is 48.2 Å². The first-order chi connectivity index (χ1) is 11.5. The van der Waals surface area contributed by atoms with Gasteiger partial charge in [-0.15, -0.1) is 0 Å². The predicted octanol–water partition coefficient (Wildman–Crippen LogP) is 4.37. The minimum absolute atomic E-state index is 0.309. The molecular formula is C19H20BrNO3. The van der Waals surface area contributed by atoms with Crippen LogP contribution in [0.4, 0.5) is 5.69 Å². The van der Waals surface area contributed by atoms with Gasteiger partial charge in [0.1, 0.15) is 0 Å². The molecule has 0 heterocycles. The number of nitrogens with one attached hydrogen (secondary N) is 1. The van der Waals surface area contributed by atoms with Crippen molar-refractivity contribution in [1.82, 2.24) is 0 Å². The molecule has 0 radical (unpaired) electrons. The van der Waals surface area contributed by atoms with Gasteiger partial charge in [0.05, 0.1) is 5.56 Å². The molecule has 0 aliphatic carbocycles. The lowest BCUT2D eigenvalue weighted by atomic mass is 10.0. The van der Waals surface area contributed by atoms with Gasteiger partial charge in [-0.2, -0.15) is 0 Å². The number of rotatable bonds is 6. The van der Waals surface area contributed by atoms with E-state index in [1.807, 2.05) is 32.0 Å². The molecule has 2 rings (SSSR count). The number of para-hydroxylation sites is 1. The summed E-state index contributed by atoms with van der Waals surface area (Å²) in [4.78, 5) is 24.1. The van der Waals surface area contributed by atoms with Crippen molar-refractivity contribution >= 4 is 33.5 Å². The highest BCUT2D eigenvalue weighted by atomic mass is 79.9. The Hall–Kier alpha value is -2.14. The van der Waals surface area contributed by atoms with E-state index in [0.29, 0.717) is 5.56 Å². The van der Waals surface area contributed by atoms with Crippen LogP contribution in [0.3, 0.4) is 0 Å². The van der Waals surface area contributed by atoms with Gasteiger partial charge in [0.2, 0.25) is 0 Å². The molecule has 0 atom stereocenters. The lowest BCUT2D eigenvalue weighted by Gasteiger charge is -2.14. The minimum atomic E-state index is -0.517. The van der Waals surface area contributed by atoms with Crippen LogP contribution < -0.4 is 5.32 Å². The molecule has 0 spiro atoms. The molecular weight excluding hydrogens is 370 g/mol. The summed E-state index contributed by atoms with van der Waals surface area (Å²) in [6.07, 6.45) is 1.64. The highest BCUT2D eigenvalue weighted by Crippen LogP contribution is 2.22. The number of carbonyl (C=O) groups excluding carboxylic acids is 2. The van der Waals surface area contributed by atoms with Crippen LogP contribution in [-0.2, 0) is 22.4 Å². The number of esters is 1. The third-order valence-corrected chi connectivity index (χ3v) is 4.21. The van der Waals surface area contributed by atoms with Crippen molar-refractivity contribution in [2.24, 2.45) is 0 Å². The summed E-state index contributed by atoms with van der Waals surface area (Å²) >= 11 is 3.30. The number of anilines is 1. The van der Waals surface area contributed by atoms with Crippen molar-refractivity contribution in [2.45, 2.75) is 26.7 Å². The number of aryl methyl sites for hydroxylation is 2. The van der Waals surface area contributed by atoms with Crippen LogP contribution in [0.25, 0.3) is 0 Å². The molecule has 2 aromatic rings. The molecule has 126 valence electrons. The Balaban J connectivity index is 1.99. The first-order valence-corrected chi connectivity index (χ1v) is 8.67. The van der Waals surface area contributed by atoms with Crippen molar-refractivity contribution in [3.63, 3.8) is 0 Å². The number of ether oxygens (including phenoxy) is 1. The number of amides is 1. The third kappa shape index (κ3) is 4.68. The molecule has 1 N–H and O–H groups in total. The summed E-state index contributed by atoms with van der Waals surface area (Å²) in [7, 11) is 0. The minimum Gasteiger partial charge on any atom is -0.452 e. The van der Waals surface area contributed by atoms with E-state index in [2.05, 4.69) is 21.2 Å². The van der Waals surface area contributed by atoms with E-state index in [0.717, 1.165) is 34.1 Å². The van der Waals surface area contributed by atoms with Crippen LogP contribution in [0, 0.1) is 0 Å².